The summed E-state index contributed by atoms with van der Waals surface area (Å²) in [6.45, 7) is 2.59. The molecule has 1 atom stereocenters. The summed E-state index contributed by atoms with van der Waals surface area (Å²) in [5.74, 6) is 1.63. The summed E-state index contributed by atoms with van der Waals surface area (Å²) in [5, 5.41) is 0. The second-order valence-corrected chi connectivity index (χ2v) is 4.78. The van der Waals surface area contributed by atoms with E-state index < -0.39 is 0 Å². The van der Waals surface area contributed by atoms with Gasteiger partial charge in [0.05, 0.1) is 14.2 Å². The number of rotatable bonds is 2. The molecule has 1 aromatic carbocycles. The van der Waals surface area contributed by atoms with Gasteiger partial charge in [0.25, 0.3) is 0 Å². The number of methoxy groups -OCH3 is 2. The average molecular weight is 249 g/mol. The molecule has 1 aliphatic rings. The van der Waals surface area contributed by atoms with E-state index in [-0.39, 0.29) is 11.8 Å². The Kier molecular flexibility index (Phi) is 3.45. The lowest BCUT2D eigenvalue weighted by atomic mass is 9.98. The number of hydrogen-bond donors (Lipinski definition) is 0. The molecule has 98 valence electrons. The van der Waals surface area contributed by atoms with E-state index in [1.807, 2.05) is 26.1 Å². The van der Waals surface area contributed by atoms with Crippen molar-refractivity contribution < 1.29 is 14.3 Å². The monoisotopic (exact) mass is 249 g/mol. The van der Waals surface area contributed by atoms with Crippen LogP contribution in [0.5, 0.6) is 11.5 Å². The zero-order chi connectivity index (χ0) is 13.3. The van der Waals surface area contributed by atoms with Crippen molar-refractivity contribution in [3.05, 3.63) is 23.3 Å². The highest BCUT2D eigenvalue weighted by Gasteiger charge is 2.25. The Morgan fingerprint density at radius 3 is 2.28 bits per heavy atom. The van der Waals surface area contributed by atoms with Crippen molar-refractivity contribution in [2.24, 2.45) is 5.92 Å². The lowest BCUT2D eigenvalue weighted by molar-refractivity contribution is -0.133. The van der Waals surface area contributed by atoms with Gasteiger partial charge in [0.1, 0.15) is 0 Å². The zero-order valence-corrected chi connectivity index (χ0v) is 11.3. The number of fused-ring (bicyclic) bond motifs is 1. The lowest BCUT2D eigenvalue weighted by Gasteiger charge is -2.17. The van der Waals surface area contributed by atoms with E-state index in [4.69, 9.17) is 9.47 Å². The first-order valence-electron chi connectivity index (χ1n) is 6.05. The van der Waals surface area contributed by atoms with Crippen LogP contribution in [0.15, 0.2) is 12.1 Å². The SMILES string of the molecule is COc1cc2c(cc1OC)CN(C)C(=O)[C@@H](C)C2. The van der Waals surface area contributed by atoms with E-state index in [1.54, 1.807) is 19.1 Å². The Labute approximate surface area is 107 Å². The molecule has 0 aliphatic carbocycles. The molecule has 4 heteroatoms. The van der Waals surface area contributed by atoms with Gasteiger partial charge < -0.3 is 14.4 Å². The van der Waals surface area contributed by atoms with Crippen LogP contribution in [0.4, 0.5) is 0 Å². The molecule has 0 unspecified atom stereocenters. The molecule has 2 rings (SSSR count). The molecule has 0 N–H and O–H groups in total. The first-order valence-corrected chi connectivity index (χ1v) is 6.05. The number of benzene rings is 1. The maximum atomic E-state index is 12.0. The molecule has 0 radical (unpaired) electrons. The second kappa shape index (κ2) is 4.88. The normalized spacial score (nSPS) is 19.2. The third kappa shape index (κ3) is 2.15. The third-order valence-corrected chi connectivity index (χ3v) is 3.44. The summed E-state index contributed by atoms with van der Waals surface area (Å²) in [7, 11) is 5.09. The molecular formula is C14H19NO3. The van der Waals surface area contributed by atoms with Gasteiger partial charge in [0, 0.05) is 19.5 Å². The average Bonchev–Trinajstić information content (AvgIpc) is 2.47. The van der Waals surface area contributed by atoms with Crippen molar-refractivity contribution in [1.82, 2.24) is 4.90 Å². The number of nitrogens with zero attached hydrogens (tertiary/aromatic N) is 1. The number of carbonyl (C=O) groups excluding carboxylic acids is 1. The zero-order valence-electron chi connectivity index (χ0n) is 11.3. The van der Waals surface area contributed by atoms with Gasteiger partial charge in [-0.15, -0.1) is 0 Å². The fourth-order valence-corrected chi connectivity index (χ4v) is 2.43. The number of hydrogen-bond acceptors (Lipinski definition) is 3. The van der Waals surface area contributed by atoms with E-state index in [0.717, 1.165) is 23.3 Å². The second-order valence-electron chi connectivity index (χ2n) is 4.78. The molecule has 1 heterocycles. The van der Waals surface area contributed by atoms with Gasteiger partial charge in [-0.3, -0.25) is 4.79 Å². The molecule has 1 aliphatic heterocycles. The van der Waals surface area contributed by atoms with Gasteiger partial charge in [0.2, 0.25) is 5.91 Å². The standard InChI is InChI=1S/C14H19NO3/c1-9-5-10-6-12(17-3)13(18-4)7-11(10)8-15(2)14(9)16/h6-7,9H,5,8H2,1-4H3/t9-/m0/s1. The van der Waals surface area contributed by atoms with Crippen LogP contribution in [0.1, 0.15) is 18.1 Å². The quantitative estimate of drug-likeness (QED) is 0.803. The molecule has 0 aromatic heterocycles. The summed E-state index contributed by atoms with van der Waals surface area (Å²) in [4.78, 5) is 13.8. The topological polar surface area (TPSA) is 38.8 Å². The van der Waals surface area contributed by atoms with E-state index in [9.17, 15) is 4.79 Å². The van der Waals surface area contributed by atoms with Crippen LogP contribution >= 0.6 is 0 Å². The van der Waals surface area contributed by atoms with Crippen LogP contribution in [0.3, 0.4) is 0 Å². The molecule has 1 aromatic rings. The van der Waals surface area contributed by atoms with Crippen LogP contribution in [-0.2, 0) is 17.8 Å². The van der Waals surface area contributed by atoms with Crippen LogP contribution in [0.25, 0.3) is 0 Å². The van der Waals surface area contributed by atoms with Crippen LogP contribution in [0, 0.1) is 5.92 Å². The predicted octanol–water partition coefficient (Wildman–Crippen LogP) is 1.85. The Balaban J connectivity index is 2.47. The first-order chi connectivity index (χ1) is 8.56. The van der Waals surface area contributed by atoms with E-state index in [1.165, 1.54) is 0 Å². The fourth-order valence-electron chi connectivity index (χ4n) is 2.43. The minimum absolute atomic E-state index is 0.00866. The van der Waals surface area contributed by atoms with Crippen LogP contribution in [0.2, 0.25) is 0 Å². The molecular weight excluding hydrogens is 230 g/mol. The minimum Gasteiger partial charge on any atom is -0.493 e. The Morgan fingerprint density at radius 2 is 1.72 bits per heavy atom. The van der Waals surface area contributed by atoms with Crippen molar-refractivity contribution in [3.8, 4) is 11.5 Å². The molecule has 0 fully saturated rings. The highest BCUT2D eigenvalue weighted by Crippen LogP contribution is 2.33. The highest BCUT2D eigenvalue weighted by molar-refractivity contribution is 5.79. The maximum Gasteiger partial charge on any atom is 0.225 e. The van der Waals surface area contributed by atoms with Crippen molar-refractivity contribution in [2.75, 3.05) is 21.3 Å². The smallest absolute Gasteiger partial charge is 0.225 e. The molecule has 4 nitrogen and oxygen atoms in total. The molecule has 0 saturated carbocycles. The minimum atomic E-state index is 0.00866. The summed E-state index contributed by atoms with van der Waals surface area (Å²) >= 11 is 0. The van der Waals surface area contributed by atoms with E-state index >= 15 is 0 Å². The third-order valence-electron chi connectivity index (χ3n) is 3.44. The number of carbonyl (C=O) groups is 1. The molecule has 1 amide bonds. The summed E-state index contributed by atoms with van der Waals surface area (Å²) in [6.07, 6.45) is 0.749. The first kappa shape index (κ1) is 12.7. The summed E-state index contributed by atoms with van der Waals surface area (Å²) in [6, 6.07) is 3.95. The van der Waals surface area contributed by atoms with Crippen molar-refractivity contribution in [2.45, 2.75) is 19.9 Å². The van der Waals surface area contributed by atoms with Crippen LogP contribution in [-0.4, -0.2) is 32.1 Å². The van der Waals surface area contributed by atoms with E-state index in [0.29, 0.717) is 12.3 Å². The molecule has 0 spiro atoms. The fraction of sp³-hybridized carbons (Fsp3) is 0.500. The number of ether oxygens (including phenoxy) is 2. The van der Waals surface area contributed by atoms with Crippen LogP contribution < -0.4 is 9.47 Å². The predicted molar refractivity (Wildman–Crippen MR) is 68.9 cm³/mol. The van der Waals surface area contributed by atoms with Crippen molar-refractivity contribution >= 4 is 5.91 Å². The van der Waals surface area contributed by atoms with Gasteiger partial charge in [-0.05, 0) is 29.7 Å². The van der Waals surface area contributed by atoms with Gasteiger partial charge in [-0.25, -0.2) is 0 Å². The Bertz CT molecular complexity index is 429. The van der Waals surface area contributed by atoms with Crippen molar-refractivity contribution in [1.29, 1.82) is 0 Å². The molecule has 0 bridgehead atoms. The molecule has 0 saturated heterocycles. The number of amides is 1. The molecule has 18 heavy (non-hydrogen) atoms. The Morgan fingerprint density at radius 1 is 1.17 bits per heavy atom. The van der Waals surface area contributed by atoms with Gasteiger partial charge in [-0.1, -0.05) is 6.92 Å². The van der Waals surface area contributed by atoms with E-state index in [2.05, 4.69) is 0 Å². The van der Waals surface area contributed by atoms with Gasteiger partial charge in [0.15, 0.2) is 11.5 Å². The lowest BCUT2D eigenvalue weighted by Crippen LogP contribution is -2.29. The largest absolute Gasteiger partial charge is 0.493 e. The highest BCUT2D eigenvalue weighted by atomic mass is 16.5. The van der Waals surface area contributed by atoms with Crippen molar-refractivity contribution in [3.63, 3.8) is 0 Å². The summed E-state index contributed by atoms with van der Waals surface area (Å²) in [5.41, 5.74) is 2.30. The Hall–Kier alpha value is -1.71. The van der Waals surface area contributed by atoms with Gasteiger partial charge >= 0.3 is 0 Å². The summed E-state index contributed by atoms with van der Waals surface area (Å²) < 4.78 is 10.6. The van der Waals surface area contributed by atoms with Gasteiger partial charge in [-0.2, -0.15) is 0 Å². The maximum absolute atomic E-state index is 12.0.